The fourth-order valence-corrected chi connectivity index (χ4v) is 12.0. The van der Waals surface area contributed by atoms with Crippen LogP contribution in [-0.4, -0.2) is 41.2 Å². The van der Waals surface area contributed by atoms with E-state index in [1.807, 2.05) is 0 Å². The van der Waals surface area contributed by atoms with E-state index in [2.05, 4.69) is 89.5 Å². The van der Waals surface area contributed by atoms with E-state index in [0.29, 0.717) is 36.6 Å². The van der Waals surface area contributed by atoms with Crippen LogP contribution in [0.1, 0.15) is 36.9 Å². The van der Waals surface area contributed by atoms with E-state index in [4.69, 9.17) is 0 Å². The summed E-state index contributed by atoms with van der Waals surface area (Å²) in [5.41, 5.74) is 10.6. The van der Waals surface area contributed by atoms with E-state index < -0.39 is 0 Å². The molecule has 0 spiro atoms. The Kier molecular flexibility index (Phi) is 5.12. The van der Waals surface area contributed by atoms with Gasteiger partial charge in [0, 0.05) is 0 Å². The molecule has 4 aromatic carbocycles. The second kappa shape index (κ2) is 8.54. The number of aryl methyl sites for hydroxylation is 1. The molecule has 3 heterocycles. The second-order valence-electron chi connectivity index (χ2n) is 10.3. The first kappa shape index (κ1) is 21.6. The monoisotopic (exact) mass is 595 g/mol. The van der Waals surface area contributed by atoms with Gasteiger partial charge in [-0.15, -0.1) is 0 Å². The van der Waals surface area contributed by atoms with Gasteiger partial charge < -0.3 is 0 Å². The average molecular weight is 593 g/mol. The standard InChI is InChI=1S/C32H26BNSe2/c1-2-4-13-26-22(10-3-1)23-11-5-7-14-27(23)34(26)21-18-19-25-31(20-21)36-30-17-9-16-29-32(30)33(25)24-12-6-8-15-28(24)35-29/h5-9,11-12,14-20H,1-4,10,13H2. The predicted molar refractivity (Wildman–Crippen MR) is 157 cm³/mol. The van der Waals surface area contributed by atoms with Crippen LogP contribution in [0.15, 0.2) is 84.9 Å². The predicted octanol–water partition coefficient (Wildman–Crippen LogP) is 1.74. The Hall–Kier alpha value is -2.48. The van der Waals surface area contributed by atoms with E-state index in [1.165, 1.54) is 55.1 Å². The van der Waals surface area contributed by atoms with Gasteiger partial charge in [0.25, 0.3) is 0 Å². The zero-order valence-corrected chi connectivity index (χ0v) is 23.6. The zero-order valence-electron chi connectivity index (χ0n) is 20.2. The molecule has 174 valence electrons. The zero-order chi connectivity index (χ0) is 23.6. The average Bonchev–Trinajstić information content (AvgIpc) is 3.20. The van der Waals surface area contributed by atoms with Crippen molar-refractivity contribution in [2.45, 2.75) is 38.5 Å². The quantitative estimate of drug-likeness (QED) is 0.256. The van der Waals surface area contributed by atoms with Gasteiger partial charge in [0.05, 0.1) is 0 Å². The number of nitrogens with zero attached hydrogens (tertiary/aromatic N) is 1. The number of hydrogen-bond donors (Lipinski definition) is 0. The molecule has 1 nitrogen and oxygen atoms in total. The number of para-hydroxylation sites is 1. The van der Waals surface area contributed by atoms with Crippen molar-refractivity contribution in [2.75, 3.05) is 0 Å². The molecule has 0 fully saturated rings. The number of hydrogen-bond acceptors (Lipinski definition) is 0. The molecule has 0 saturated heterocycles. The summed E-state index contributed by atoms with van der Waals surface area (Å²) in [5.74, 6) is 0. The van der Waals surface area contributed by atoms with Crippen LogP contribution in [0.2, 0.25) is 0 Å². The second-order valence-corrected chi connectivity index (χ2v) is 14.8. The van der Waals surface area contributed by atoms with Crippen molar-refractivity contribution in [3.8, 4) is 5.69 Å². The van der Waals surface area contributed by atoms with Crippen LogP contribution in [0.4, 0.5) is 0 Å². The van der Waals surface area contributed by atoms with Crippen molar-refractivity contribution in [3.05, 3.63) is 96.2 Å². The van der Waals surface area contributed by atoms with Crippen molar-refractivity contribution in [2.24, 2.45) is 0 Å². The molecule has 1 aromatic heterocycles. The Balaban J connectivity index is 1.34. The summed E-state index contributed by atoms with van der Waals surface area (Å²) in [5, 5.41) is 1.47. The normalized spacial score (nSPS) is 15.9. The van der Waals surface area contributed by atoms with Gasteiger partial charge in [-0.05, 0) is 0 Å². The molecule has 0 unspecified atom stereocenters. The molecule has 3 aliphatic rings. The fourth-order valence-electron chi connectivity index (χ4n) is 6.65. The maximum absolute atomic E-state index is 2.62. The molecule has 0 radical (unpaired) electrons. The number of aromatic nitrogens is 1. The van der Waals surface area contributed by atoms with E-state index in [9.17, 15) is 0 Å². The SMILES string of the molecule is c1ccc2c(c1)[Se]c1cccc3c1B2c1ccc(-n2c4c(c5ccccc52)CCCCCC4)cc1[Se]3. The van der Waals surface area contributed by atoms with Crippen LogP contribution in [0.3, 0.4) is 0 Å². The van der Waals surface area contributed by atoms with Crippen LogP contribution >= 0.6 is 0 Å². The van der Waals surface area contributed by atoms with Gasteiger partial charge in [-0.25, -0.2) is 0 Å². The van der Waals surface area contributed by atoms with Crippen molar-refractivity contribution >= 4 is 81.8 Å². The Morgan fingerprint density at radius 1 is 0.611 bits per heavy atom. The van der Waals surface area contributed by atoms with Crippen molar-refractivity contribution < 1.29 is 0 Å². The first-order valence-corrected chi connectivity index (χ1v) is 16.6. The van der Waals surface area contributed by atoms with Crippen LogP contribution in [0.5, 0.6) is 0 Å². The minimum absolute atomic E-state index is 0.340. The van der Waals surface area contributed by atoms with Crippen molar-refractivity contribution in [3.63, 3.8) is 0 Å². The molecular weight excluding hydrogens is 567 g/mol. The minimum atomic E-state index is 0.340. The van der Waals surface area contributed by atoms with Crippen molar-refractivity contribution in [1.82, 2.24) is 4.57 Å². The van der Waals surface area contributed by atoms with Crippen LogP contribution in [0, 0.1) is 0 Å². The molecule has 2 aliphatic heterocycles. The van der Waals surface area contributed by atoms with Gasteiger partial charge in [0.2, 0.25) is 0 Å². The Morgan fingerprint density at radius 3 is 2.25 bits per heavy atom. The summed E-state index contributed by atoms with van der Waals surface area (Å²) in [6, 6.07) is 32.9. The first-order chi connectivity index (χ1) is 17.9. The van der Waals surface area contributed by atoms with Crippen molar-refractivity contribution in [1.29, 1.82) is 0 Å². The number of benzene rings is 4. The molecule has 5 aromatic rings. The van der Waals surface area contributed by atoms with E-state index in [-0.39, 0.29) is 0 Å². The first-order valence-electron chi connectivity index (χ1n) is 13.2. The molecule has 0 N–H and O–H groups in total. The topological polar surface area (TPSA) is 4.93 Å². The molecule has 0 bridgehead atoms. The molecule has 36 heavy (non-hydrogen) atoms. The maximum atomic E-state index is 2.62. The van der Waals surface area contributed by atoms with Crippen LogP contribution in [-0.2, 0) is 12.8 Å². The van der Waals surface area contributed by atoms with Gasteiger partial charge in [0.1, 0.15) is 0 Å². The van der Waals surface area contributed by atoms with Gasteiger partial charge in [-0.1, -0.05) is 0 Å². The van der Waals surface area contributed by atoms with Gasteiger partial charge >= 0.3 is 227 Å². The molecule has 0 atom stereocenters. The number of rotatable bonds is 1. The summed E-state index contributed by atoms with van der Waals surface area (Å²) in [4.78, 5) is 0. The summed E-state index contributed by atoms with van der Waals surface area (Å²) in [7, 11) is 0. The number of fused-ring (bicyclic) bond motifs is 7. The summed E-state index contributed by atoms with van der Waals surface area (Å²) < 4.78 is 8.94. The van der Waals surface area contributed by atoms with E-state index >= 15 is 0 Å². The Bertz CT molecular complexity index is 1670. The van der Waals surface area contributed by atoms with E-state index in [1.54, 1.807) is 45.5 Å². The fraction of sp³-hybridized carbons (Fsp3) is 0.188. The van der Waals surface area contributed by atoms with E-state index in [0.717, 1.165) is 0 Å². The summed E-state index contributed by atoms with van der Waals surface area (Å²) >= 11 is 0.749. The summed E-state index contributed by atoms with van der Waals surface area (Å²) in [6.07, 6.45) is 7.75. The Labute approximate surface area is 225 Å². The third-order valence-electron chi connectivity index (χ3n) is 8.23. The van der Waals surface area contributed by atoms with Gasteiger partial charge in [-0.2, -0.15) is 0 Å². The third kappa shape index (κ3) is 3.22. The Morgan fingerprint density at radius 2 is 1.33 bits per heavy atom. The molecule has 8 rings (SSSR count). The molecule has 1 aliphatic carbocycles. The molecule has 0 amide bonds. The van der Waals surface area contributed by atoms with Gasteiger partial charge in [-0.3, -0.25) is 0 Å². The van der Waals surface area contributed by atoms with Crippen LogP contribution in [0.25, 0.3) is 16.6 Å². The molecular formula is C32H26BNSe2. The molecule has 0 saturated carbocycles. The molecule has 4 heteroatoms. The van der Waals surface area contributed by atoms with Crippen LogP contribution < -0.4 is 34.2 Å². The third-order valence-corrected chi connectivity index (χ3v) is 13.1. The summed E-state index contributed by atoms with van der Waals surface area (Å²) in [6.45, 7) is 0.393. The van der Waals surface area contributed by atoms with Gasteiger partial charge in [0.15, 0.2) is 0 Å².